The van der Waals surface area contributed by atoms with Gasteiger partial charge in [-0.25, -0.2) is 0 Å². The van der Waals surface area contributed by atoms with Crippen LogP contribution in [0.25, 0.3) is 0 Å². The highest BCUT2D eigenvalue weighted by Crippen LogP contribution is 2.22. The third-order valence-corrected chi connectivity index (χ3v) is 4.49. The molecule has 0 spiro atoms. The van der Waals surface area contributed by atoms with Gasteiger partial charge in [-0.1, -0.05) is 25.7 Å². The Morgan fingerprint density at radius 3 is 2.30 bits per heavy atom. The van der Waals surface area contributed by atoms with E-state index in [4.69, 9.17) is 0 Å². The van der Waals surface area contributed by atoms with E-state index < -0.39 is 11.5 Å². The maximum Gasteiger partial charge on any atom is 0.323 e. The number of hydrogen-bond donors (Lipinski definition) is 2. The molecule has 1 aliphatic carbocycles. The van der Waals surface area contributed by atoms with E-state index >= 15 is 0 Å². The molecule has 1 fully saturated rings. The second-order valence-electron chi connectivity index (χ2n) is 6.81. The summed E-state index contributed by atoms with van der Waals surface area (Å²) in [6, 6.07) is 0.814. The van der Waals surface area contributed by atoms with Gasteiger partial charge < -0.3 is 10.0 Å². The zero-order valence-corrected chi connectivity index (χ0v) is 13.6. The van der Waals surface area contributed by atoms with E-state index in [-0.39, 0.29) is 6.04 Å². The lowest BCUT2D eigenvalue weighted by molar-refractivity contribution is -0.145. The molecule has 2 N–H and O–H groups in total. The lowest BCUT2D eigenvalue weighted by Crippen LogP contribution is -2.54. The summed E-state index contributed by atoms with van der Waals surface area (Å²) < 4.78 is 0. The molecule has 1 unspecified atom stereocenters. The van der Waals surface area contributed by atoms with E-state index in [0.29, 0.717) is 12.5 Å². The summed E-state index contributed by atoms with van der Waals surface area (Å²) in [5.74, 6) is -0.750. The fourth-order valence-electron chi connectivity index (χ4n) is 3.16. The van der Waals surface area contributed by atoms with Gasteiger partial charge in [0.1, 0.15) is 5.54 Å². The third-order valence-electron chi connectivity index (χ3n) is 4.49. The van der Waals surface area contributed by atoms with E-state index in [1.807, 2.05) is 13.8 Å². The minimum absolute atomic E-state index is 0.180. The first-order valence-corrected chi connectivity index (χ1v) is 8.06. The minimum Gasteiger partial charge on any atom is -0.480 e. The van der Waals surface area contributed by atoms with E-state index in [1.165, 1.54) is 38.5 Å². The van der Waals surface area contributed by atoms with E-state index in [0.717, 1.165) is 6.54 Å². The Bertz CT molecular complexity index is 299. The van der Waals surface area contributed by atoms with Crippen LogP contribution in [0.15, 0.2) is 0 Å². The van der Waals surface area contributed by atoms with Crippen molar-refractivity contribution in [2.24, 2.45) is 0 Å². The van der Waals surface area contributed by atoms with E-state index in [2.05, 4.69) is 17.3 Å². The van der Waals surface area contributed by atoms with Gasteiger partial charge in [-0.15, -0.1) is 0 Å². The van der Waals surface area contributed by atoms with Crippen molar-refractivity contribution >= 4 is 5.97 Å². The number of carbonyl (C=O) groups is 1. The lowest BCUT2D eigenvalue weighted by atomic mass is 9.95. The number of carboxylic acid groups (broad SMARTS) is 1. The van der Waals surface area contributed by atoms with Crippen LogP contribution in [0.4, 0.5) is 0 Å². The summed E-state index contributed by atoms with van der Waals surface area (Å²) in [6.07, 6.45) is 8.51. The Hall–Kier alpha value is -0.610. The van der Waals surface area contributed by atoms with Crippen LogP contribution in [-0.4, -0.2) is 47.2 Å². The predicted octanol–water partition coefficient (Wildman–Crippen LogP) is 2.87. The van der Waals surface area contributed by atoms with Crippen LogP contribution in [0.1, 0.15) is 65.7 Å². The maximum absolute atomic E-state index is 11.5. The van der Waals surface area contributed by atoms with Crippen LogP contribution >= 0.6 is 0 Å². The Morgan fingerprint density at radius 1 is 1.30 bits per heavy atom. The highest BCUT2D eigenvalue weighted by molar-refractivity contribution is 5.78. The molecule has 0 aromatic heterocycles. The molecule has 1 atom stereocenters. The van der Waals surface area contributed by atoms with Gasteiger partial charge in [0.25, 0.3) is 0 Å². The van der Waals surface area contributed by atoms with Crippen molar-refractivity contribution in [1.29, 1.82) is 0 Å². The predicted molar refractivity (Wildman–Crippen MR) is 83.0 cm³/mol. The first-order chi connectivity index (χ1) is 9.35. The summed E-state index contributed by atoms with van der Waals surface area (Å²) in [5.41, 5.74) is -0.826. The Labute approximate surface area is 123 Å². The summed E-state index contributed by atoms with van der Waals surface area (Å²) in [4.78, 5) is 13.9. The molecule has 4 heteroatoms. The SMILES string of the molecule is CC(C)NC(C)(CCN(C)C1CCCCCC1)C(=O)O. The van der Waals surface area contributed by atoms with Gasteiger partial charge in [0.15, 0.2) is 0 Å². The van der Waals surface area contributed by atoms with Crippen LogP contribution < -0.4 is 5.32 Å². The number of carboxylic acids is 1. The average Bonchev–Trinajstić information content (AvgIpc) is 2.63. The topological polar surface area (TPSA) is 52.6 Å². The summed E-state index contributed by atoms with van der Waals surface area (Å²) in [6.45, 7) is 6.63. The highest BCUT2D eigenvalue weighted by atomic mass is 16.4. The molecule has 0 aromatic rings. The molecule has 4 nitrogen and oxygen atoms in total. The smallest absolute Gasteiger partial charge is 0.323 e. The average molecular weight is 284 g/mol. The monoisotopic (exact) mass is 284 g/mol. The minimum atomic E-state index is -0.826. The molecule has 0 saturated heterocycles. The van der Waals surface area contributed by atoms with E-state index in [1.54, 1.807) is 6.92 Å². The molecular formula is C16H32N2O2. The van der Waals surface area contributed by atoms with Gasteiger partial charge in [0.05, 0.1) is 0 Å². The van der Waals surface area contributed by atoms with Crippen molar-refractivity contribution in [2.75, 3.05) is 13.6 Å². The van der Waals surface area contributed by atoms with Crippen molar-refractivity contribution in [3.8, 4) is 0 Å². The molecule has 0 bridgehead atoms. The lowest BCUT2D eigenvalue weighted by Gasteiger charge is -2.33. The zero-order chi connectivity index (χ0) is 15.2. The van der Waals surface area contributed by atoms with Gasteiger partial charge >= 0.3 is 5.97 Å². The van der Waals surface area contributed by atoms with Crippen molar-refractivity contribution in [3.63, 3.8) is 0 Å². The van der Waals surface area contributed by atoms with Crippen molar-refractivity contribution in [2.45, 2.75) is 83.3 Å². The largest absolute Gasteiger partial charge is 0.480 e. The Morgan fingerprint density at radius 2 is 1.85 bits per heavy atom. The zero-order valence-electron chi connectivity index (χ0n) is 13.6. The van der Waals surface area contributed by atoms with Crippen LogP contribution in [0.3, 0.4) is 0 Å². The molecular weight excluding hydrogens is 252 g/mol. The van der Waals surface area contributed by atoms with Gasteiger partial charge in [0.2, 0.25) is 0 Å². The number of nitrogens with one attached hydrogen (secondary N) is 1. The summed E-state index contributed by atoms with van der Waals surface area (Å²) in [7, 11) is 2.15. The molecule has 0 amide bonds. The normalized spacial score (nSPS) is 20.9. The first-order valence-electron chi connectivity index (χ1n) is 8.06. The fraction of sp³-hybridized carbons (Fsp3) is 0.938. The van der Waals surface area contributed by atoms with Crippen LogP contribution in [0, 0.1) is 0 Å². The van der Waals surface area contributed by atoms with Gasteiger partial charge in [-0.05, 0) is 47.1 Å². The fourth-order valence-corrected chi connectivity index (χ4v) is 3.16. The molecule has 1 aliphatic rings. The highest BCUT2D eigenvalue weighted by Gasteiger charge is 2.33. The summed E-state index contributed by atoms with van der Waals surface area (Å²) >= 11 is 0. The molecule has 0 heterocycles. The molecule has 0 radical (unpaired) electrons. The van der Waals surface area contributed by atoms with Crippen molar-refractivity contribution in [3.05, 3.63) is 0 Å². The van der Waals surface area contributed by atoms with Crippen LogP contribution in [-0.2, 0) is 4.79 Å². The van der Waals surface area contributed by atoms with Gasteiger partial charge in [-0.3, -0.25) is 10.1 Å². The number of nitrogens with zero attached hydrogens (tertiary/aromatic N) is 1. The molecule has 0 aliphatic heterocycles. The first kappa shape index (κ1) is 17.4. The Balaban J connectivity index is 2.51. The quantitative estimate of drug-likeness (QED) is 0.706. The van der Waals surface area contributed by atoms with Crippen molar-refractivity contribution in [1.82, 2.24) is 10.2 Å². The van der Waals surface area contributed by atoms with Crippen LogP contribution in [0.2, 0.25) is 0 Å². The standard InChI is InChI=1S/C16H32N2O2/c1-13(2)17-16(3,15(19)20)11-12-18(4)14-9-7-5-6-8-10-14/h13-14,17H,5-12H2,1-4H3,(H,19,20). The third kappa shape index (κ3) is 5.41. The maximum atomic E-state index is 11.5. The Kier molecular flexibility index (Phi) is 6.96. The number of hydrogen-bond acceptors (Lipinski definition) is 3. The second kappa shape index (κ2) is 7.99. The van der Waals surface area contributed by atoms with Crippen molar-refractivity contribution < 1.29 is 9.90 Å². The second-order valence-corrected chi connectivity index (χ2v) is 6.81. The summed E-state index contributed by atoms with van der Waals surface area (Å²) in [5, 5.41) is 12.7. The molecule has 1 rings (SSSR count). The van der Waals surface area contributed by atoms with E-state index in [9.17, 15) is 9.90 Å². The number of aliphatic carboxylic acids is 1. The number of rotatable bonds is 7. The molecule has 0 aromatic carbocycles. The molecule has 20 heavy (non-hydrogen) atoms. The van der Waals surface area contributed by atoms with Gasteiger partial charge in [-0.2, -0.15) is 0 Å². The van der Waals surface area contributed by atoms with Gasteiger partial charge in [0, 0.05) is 18.6 Å². The van der Waals surface area contributed by atoms with Crippen LogP contribution in [0.5, 0.6) is 0 Å². The molecule has 1 saturated carbocycles. The molecule has 118 valence electrons.